The van der Waals surface area contributed by atoms with E-state index in [1.54, 1.807) is 0 Å². The van der Waals surface area contributed by atoms with E-state index in [-0.39, 0.29) is 12.1 Å². The summed E-state index contributed by atoms with van der Waals surface area (Å²) in [6, 6.07) is 13.7. The summed E-state index contributed by atoms with van der Waals surface area (Å²) in [5, 5.41) is 12.6. The third-order valence-corrected chi connectivity index (χ3v) is 4.18. The van der Waals surface area contributed by atoms with Crippen LogP contribution in [-0.2, 0) is 6.54 Å². The Morgan fingerprint density at radius 3 is 2.38 bits per heavy atom. The molecule has 0 aliphatic carbocycles. The zero-order chi connectivity index (χ0) is 19.1. The Morgan fingerprint density at radius 1 is 1.04 bits per heavy atom. The number of aryl methyl sites for hydroxylation is 1. The molecule has 2 aromatic rings. The highest BCUT2D eigenvalue weighted by Crippen LogP contribution is 2.17. The molecule has 5 nitrogen and oxygen atoms in total. The Labute approximate surface area is 160 Å². The molecule has 2 amide bonds. The second-order valence-electron chi connectivity index (χ2n) is 6.51. The third kappa shape index (κ3) is 6.04. The first-order valence-electron chi connectivity index (χ1n) is 8.62. The lowest BCUT2D eigenvalue weighted by molar-refractivity contribution is 0.250. The first kappa shape index (κ1) is 19.7. The van der Waals surface area contributed by atoms with Crippen LogP contribution >= 0.6 is 12.2 Å². The van der Waals surface area contributed by atoms with Gasteiger partial charge in [0.1, 0.15) is 0 Å². The molecule has 0 saturated carbocycles. The molecule has 0 fully saturated rings. The number of hydrogen-bond acceptors (Lipinski definition) is 2. The van der Waals surface area contributed by atoms with Crippen LogP contribution in [0.5, 0.6) is 0 Å². The normalized spacial score (nSPS) is 10.3. The van der Waals surface area contributed by atoms with Crippen LogP contribution in [0, 0.1) is 13.8 Å². The van der Waals surface area contributed by atoms with Crippen LogP contribution < -0.4 is 21.3 Å². The number of carbonyl (C=O) groups excluding carboxylic acids is 1. The van der Waals surface area contributed by atoms with Crippen molar-refractivity contribution in [3.05, 3.63) is 59.2 Å². The number of nitrogens with one attached hydrogen (secondary N) is 4. The van der Waals surface area contributed by atoms with Gasteiger partial charge in [0.2, 0.25) is 0 Å². The largest absolute Gasteiger partial charge is 0.358 e. The number of anilines is 2. The number of thiocarbonyl (C=S) groups is 1. The molecule has 0 saturated heterocycles. The Balaban J connectivity index is 1.84. The van der Waals surface area contributed by atoms with Gasteiger partial charge in [0.05, 0.1) is 0 Å². The first-order valence-corrected chi connectivity index (χ1v) is 9.03. The highest BCUT2D eigenvalue weighted by Gasteiger charge is 2.05. The SMILES string of the molecule is Cc1cccc(NC(=S)NCc2ccc(NC(=O)NC(C)C)cc2)c1C. The van der Waals surface area contributed by atoms with Gasteiger partial charge in [-0.2, -0.15) is 0 Å². The third-order valence-electron chi connectivity index (χ3n) is 3.94. The van der Waals surface area contributed by atoms with Gasteiger partial charge in [0.15, 0.2) is 5.11 Å². The number of benzene rings is 2. The van der Waals surface area contributed by atoms with Gasteiger partial charge in [-0.25, -0.2) is 4.79 Å². The molecule has 0 spiro atoms. The summed E-state index contributed by atoms with van der Waals surface area (Å²) < 4.78 is 0. The number of rotatable bonds is 5. The van der Waals surface area contributed by atoms with Crippen LogP contribution in [0.4, 0.5) is 16.2 Å². The quantitative estimate of drug-likeness (QED) is 0.592. The number of amides is 2. The van der Waals surface area contributed by atoms with E-state index in [2.05, 4.69) is 41.2 Å². The highest BCUT2D eigenvalue weighted by molar-refractivity contribution is 7.80. The Kier molecular flexibility index (Phi) is 6.97. The maximum absolute atomic E-state index is 11.7. The average Bonchev–Trinajstić information content (AvgIpc) is 2.57. The second kappa shape index (κ2) is 9.20. The van der Waals surface area contributed by atoms with Gasteiger partial charge in [-0.05, 0) is 74.8 Å². The van der Waals surface area contributed by atoms with Gasteiger partial charge in [-0.3, -0.25) is 0 Å². The summed E-state index contributed by atoms with van der Waals surface area (Å²) in [6.45, 7) is 8.59. The summed E-state index contributed by atoms with van der Waals surface area (Å²) in [7, 11) is 0. The molecule has 2 rings (SSSR count). The van der Waals surface area contributed by atoms with Crippen LogP contribution in [0.2, 0.25) is 0 Å². The minimum atomic E-state index is -0.204. The molecular weight excluding hydrogens is 344 g/mol. The summed E-state index contributed by atoms with van der Waals surface area (Å²) in [5.74, 6) is 0. The molecule has 0 aliphatic rings. The average molecular weight is 371 g/mol. The van der Waals surface area contributed by atoms with Crippen molar-refractivity contribution in [1.82, 2.24) is 10.6 Å². The standard InChI is InChI=1S/C20H26N4OS/c1-13(2)22-19(25)23-17-10-8-16(9-11-17)12-21-20(26)24-18-7-5-6-14(3)15(18)4/h5-11,13H,12H2,1-4H3,(H2,21,24,26)(H2,22,23,25). The number of hydrogen-bond donors (Lipinski definition) is 4. The van der Waals surface area contributed by atoms with Crippen molar-refractivity contribution >= 4 is 34.7 Å². The van der Waals surface area contributed by atoms with E-state index >= 15 is 0 Å². The molecule has 26 heavy (non-hydrogen) atoms. The molecule has 4 N–H and O–H groups in total. The molecule has 0 radical (unpaired) electrons. The maximum Gasteiger partial charge on any atom is 0.319 e. The van der Waals surface area contributed by atoms with E-state index < -0.39 is 0 Å². The lowest BCUT2D eigenvalue weighted by Crippen LogP contribution is -2.34. The van der Waals surface area contributed by atoms with Crippen molar-refractivity contribution < 1.29 is 4.79 Å². The molecule has 0 aliphatic heterocycles. The first-order chi connectivity index (χ1) is 12.3. The molecular formula is C20H26N4OS. The molecule has 138 valence electrons. The van der Waals surface area contributed by atoms with Crippen molar-refractivity contribution in [3.63, 3.8) is 0 Å². The van der Waals surface area contributed by atoms with E-state index in [1.807, 2.05) is 50.2 Å². The number of carbonyl (C=O) groups is 1. The van der Waals surface area contributed by atoms with Crippen molar-refractivity contribution in [2.75, 3.05) is 10.6 Å². The maximum atomic E-state index is 11.7. The van der Waals surface area contributed by atoms with Gasteiger partial charge in [0.25, 0.3) is 0 Å². The van der Waals surface area contributed by atoms with Crippen LogP contribution in [-0.4, -0.2) is 17.2 Å². The predicted octanol–water partition coefficient (Wildman–Crippen LogP) is 4.32. The molecule has 0 aromatic heterocycles. The summed E-state index contributed by atoms with van der Waals surface area (Å²) in [5.41, 5.74) is 5.25. The topological polar surface area (TPSA) is 65.2 Å². The fraction of sp³-hybridized carbons (Fsp3) is 0.300. The summed E-state index contributed by atoms with van der Waals surface area (Å²) in [4.78, 5) is 11.7. The van der Waals surface area contributed by atoms with Crippen LogP contribution in [0.25, 0.3) is 0 Å². The monoisotopic (exact) mass is 370 g/mol. The van der Waals surface area contributed by atoms with Crippen molar-refractivity contribution in [2.45, 2.75) is 40.3 Å². The van der Waals surface area contributed by atoms with Crippen molar-refractivity contribution in [1.29, 1.82) is 0 Å². The Morgan fingerprint density at radius 2 is 1.73 bits per heavy atom. The molecule has 0 atom stereocenters. The van der Waals surface area contributed by atoms with Gasteiger partial charge in [-0.15, -0.1) is 0 Å². The van der Waals surface area contributed by atoms with Gasteiger partial charge >= 0.3 is 6.03 Å². The second-order valence-corrected chi connectivity index (χ2v) is 6.91. The smallest absolute Gasteiger partial charge is 0.319 e. The summed E-state index contributed by atoms with van der Waals surface area (Å²) >= 11 is 5.37. The van der Waals surface area contributed by atoms with Crippen LogP contribution in [0.1, 0.15) is 30.5 Å². The molecule has 0 unspecified atom stereocenters. The van der Waals surface area contributed by atoms with Crippen LogP contribution in [0.15, 0.2) is 42.5 Å². The van der Waals surface area contributed by atoms with Gasteiger partial charge < -0.3 is 21.3 Å². The molecule has 0 heterocycles. The lowest BCUT2D eigenvalue weighted by atomic mass is 10.1. The fourth-order valence-corrected chi connectivity index (χ4v) is 2.55. The van der Waals surface area contributed by atoms with E-state index in [0.29, 0.717) is 11.7 Å². The van der Waals surface area contributed by atoms with Crippen molar-refractivity contribution in [2.24, 2.45) is 0 Å². The number of urea groups is 1. The van der Waals surface area contributed by atoms with Crippen LogP contribution in [0.3, 0.4) is 0 Å². The van der Waals surface area contributed by atoms with Gasteiger partial charge in [0, 0.05) is 24.0 Å². The fourth-order valence-electron chi connectivity index (χ4n) is 2.37. The van der Waals surface area contributed by atoms with E-state index in [1.165, 1.54) is 11.1 Å². The zero-order valence-electron chi connectivity index (χ0n) is 15.6. The Hall–Kier alpha value is -2.60. The minimum absolute atomic E-state index is 0.101. The van der Waals surface area contributed by atoms with E-state index in [4.69, 9.17) is 12.2 Å². The highest BCUT2D eigenvalue weighted by atomic mass is 32.1. The predicted molar refractivity (Wildman–Crippen MR) is 113 cm³/mol. The van der Waals surface area contributed by atoms with E-state index in [0.717, 1.165) is 16.9 Å². The Bertz CT molecular complexity index is 772. The molecule has 2 aromatic carbocycles. The zero-order valence-corrected chi connectivity index (χ0v) is 16.5. The van der Waals surface area contributed by atoms with Crippen molar-refractivity contribution in [3.8, 4) is 0 Å². The van der Waals surface area contributed by atoms with E-state index in [9.17, 15) is 4.79 Å². The van der Waals surface area contributed by atoms with Gasteiger partial charge in [-0.1, -0.05) is 24.3 Å². The summed E-state index contributed by atoms with van der Waals surface area (Å²) in [6.07, 6.45) is 0. The lowest BCUT2D eigenvalue weighted by Gasteiger charge is -2.14. The minimum Gasteiger partial charge on any atom is -0.358 e. The molecule has 6 heteroatoms. The molecule has 0 bridgehead atoms.